The van der Waals surface area contributed by atoms with Gasteiger partial charge in [0.05, 0.1) is 17.8 Å². The van der Waals surface area contributed by atoms with Crippen LogP contribution in [0.25, 0.3) is 0 Å². The maximum atomic E-state index is 12.2. The van der Waals surface area contributed by atoms with E-state index in [2.05, 4.69) is 20.9 Å². The van der Waals surface area contributed by atoms with Gasteiger partial charge in [0.15, 0.2) is 0 Å². The highest BCUT2D eigenvalue weighted by atomic mass is 16.4. The zero-order valence-electron chi connectivity index (χ0n) is 16.7. The van der Waals surface area contributed by atoms with Gasteiger partial charge in [-0.3, -0.25) is 9.59 Å². The number of nitrogens with zero attached hydrogens (tertiary/aromatic N) is 3. The molecule has 0 spiro atoms. The van der Waals surface area contributed by atoms with Crippen molar-refractivity contribution in [2.24, 2.45) is 10.2 Å². The molecule has 1 amide bonds. The van der Waals surface area contributed by atoms with Crippen molar-refractivity contribution in [2.45, 2.75) is 18.9 Å². The standard InChI is InChI=1S/C21H27N5O3/c1-26(2)14-6-13-22-19(21(28)29)15-20(27)23-16-9-11-18(12-10-16)25-24-17-7-4-3-5-8-17/h3-5,7-12,19,22H,6,13-15H2,1-2H3,(H,23,27)(H,28,29)/t19-/m0/s1. The third-order valence-electron chi connectivity index (χ3n) is 4.05. The van der Waals surface area contributed by atoms with E-state index in [-0.39, 0.29) is 12.3 Å². The summed E-state index contributed by atoms with van der Waals surface area (Å²) in [6.45, 7) is 1.38. The Labute approximate surface area is 170 Å². The number of hydrogen-bond acceptors (Lipinski definition) is 6. The molecule has 0 heterocycles. The summed E-state index contributed by atoms with van der Waals surface area (Å²) >= 11 is 0. The van der Waals surface area contributed by atoms with Crippen molar-refractivity contribution >= 4 is 28.9 Å². The van der Waals surface area contributed by atoms with E-state index in [1.54, 1.807) is 24.3 Å². The Morgan fingerprint density at radius 3 is 2.21 bits per heavy atom. The number of benzene rings is 2. The Morgan fingerprint density at radius 1 is 1.00 bits per heavy atom. The van der Waals surface area contributed by atoms with Gasteiger partial charge in [0.1, 0.15) is 6.04 Å². The lowest BCUT2D eigenvalue weighted by Gasteiger charge is -2.15. The topological polar surface area (TPSA) is 106 Å². The molecule has 8 heteroatoms. The number of hydrogen-bond donors (Lipinski definition) is 3. The van der Waals surface area contributed by atoms with Gasteiger partial charge < -0.3 is 20.6 Å². The predicted octanol–water partition coefficient (Wildman–Crippen LogP) is 3.43. The number of rotatable bonds is 11. The summed E-state index contributed by atoms with van der Waals surface area (Å²) in [6.07, 6.45) is 0.657. The number of carboxylic acids is 1. The number of carboxylic acid groups (broad SMARTS) is 1. The summed E-state index contributed by atoms with van der Waals surface area (Å²) in [4.78, 5) is 25.6. The average Bonchev–Trinajstić information content (AvgIpc) is 2.70. The maximum absolute atomic E-state index is 12.2. The summed E-state index contributed by atoms with van der Waals surface area (Å²) < 4.78 is 0. The van der Waals surface area contributed by atoms with Crippen LogP contribution in [0.15, 0.2) is 64.8 Å². The zero-order valence-corrected chi connectivity index (χ0v) is 16.7. The van der Waals surface area contributed by atoms with Crippen LogP contribution >= 0.6 is 0 Å². The first-order valence-corrected chi connectivity index (χ1v) is 9.41. The third kappa shape index (κ3) is 8.63. The SMILES string of the molecule is CN(C)CCCN[C@@H](CC(=O)Nc1ccc(N=Nc2ccccc2)cc1)C(=O)O. The van der Waals surface area contributed by atoms with Gasteiger partial charge >= 0.3 is 5.97 Å². The minimum absolute atomic E-state index is 0.146. The fraction of sp³-hybridized carbons (Fsp3) is 0.333. The van der Waals surface area contributed by atoms with Crippen LogP contribution in [-0.4, -0.2) is 55.1 Å². The minimum atomic E-state index is -1.04. The summed E-state index contributed by atoms with van der Waals surface area (Å²) in [5, 5.41) is 23.2. The highest BCUT2D eigenvalue weighted by Crippen LogP contribution is 2.20. The monoisotopic (exact) mass is 397 g/mol. The fourth-order valence-electron chi connectivity index (χ4n) is 2.54. The van der Waals surface area contributed by atoms with Crippen molar-refractivity contribution in [3.63, 3.8) is 0 Å². The van der Waals surface area contributed by atoms with Crippen LogP contribution in [0.3, 0.4) is 0 Å². The molecule has 0 aliphatic carbocycles. The number of nitrogens with one attached hydrogen (secondary N) is 2. The van der Waals surface area contributed by atoms with Gasteiger partial charge in [-0.05, 0) is 70.0 Å². The lowest BCUT2D eigenvalue weighted by atomic mass is 10.2. The number of azo groups is 1. The number of anilines is 1. The molecule has 154 valence electrons. The van der Waals surface area contributed by atoms with Gasteiger partial charge in [0, 0.05) is 5.69 Å². The van der Waals surface area contributed by atoms with Crippen LogP contribution in [0.2, 0.25) is 0 Å². The molecule has 2 aromatic carbocycles. The van der Waals surface area contributed by atoms with Gasteiger partial charge in [-0.15, -0.1) is 0 Å². The molecule has 29 heavy (non-hydrogen) atoms. The van der Waals surface area contributed by atoms with E-state index < -0.39 is 12.0 Å². The summed E-state index contributed by atoms with van der Waals surface area (Å²) in [6, 6.07) is 15.3. The van der Waals surface area contributed by atoms with Crippen molar-refractivity contribution in [1.29, 1.82) is 0 Å². The Kier molecular flexibility index (Phi) is 8.94. The smallest absolute Gasteiger partial charge is 0.321 e. The second-order valence-corrected chi connectivity index (χ2v) is 6.84. The first-order valence-electron chi connectivity index (χ1n) is 9.41. The van der Waals surface area contributed by atoms with E-state index in [0.29, 0.717) is 17.9 Å². The van der Waals surface area contributed by atoms with Gasteiger partial charge in [-0.2, -0.15) is 10.2 Å². The lowest BCUT2D eigenvalue weighted by Crippen LogP contribution is -2.40. The average molecular weight is 397 g/mol. The summed E-state index contributed by atoms with van der Waals surface area (Å²) in [7, 11) is 3.91. The van der Waals surface area contributed by atoms with Crippen LogP contribution in [0.5, 0.6) is 0 Å². The Morgan fingerprint density at radius 2 is 1.62 bits per heavy atom. The highest BCUT2D eigenvalue weighted by molar-refractivity contribution is 5.94. The molecular formula is C21H27N5O3. The molecule has 3 N–H and O–H groups in total. The quantitative estimate of drug-likeness (QED) is 0.398. The largest absolute Gasteiger partial charge is 0.480 e. The van der Waals surface area contributed by atoms with Gasteiger partial charge in [0.2, 0.25) is 5.91 Å². The predicted molar refractivity (Wildman–Crippen MR) is 113 cm³/mol. The Balaban J connectivity index is 1.84. The molecule has 8 nitrogen and oxygen atoms in total. The van der Waals surface area contributed by atoms with E-state index in [1.807, 2.05) is 49.3 Å². The molecule has 0 saturated carbocycles. The molecule has 2 aromatic rings. The second-order valence-electron chi connectivity index (χ2n) is 6.84. The first-order chi connectivity index (χ1) is 13.9. The first kappa shape index (κ1) is 22.2. The highest BCUT2D eigenvalue weighted by Gasteiger charge is 2.20. The van der Waals surface area contributed by atoms with Gasteiger partial charge in [-0.25, -0.2) is 0 Å². The third-order valence-corrected chi connectivity index (χ3v) is 4.05. The molecule has 0 saturated heterocycles. The van der Waals surface area contributed by atoms with Crippen LogP contribution in [0.4, 0.5) is 17.1 Å². The second kappa shape index (κ2) is 11.7. The van der Waals surface area contributed by atoms with E-state index in [1.165, 1.54) is 0 Å². The molecule has 1 atom stereocenters. The summed E-state index contributed by atoms with van der Waals surface area (Å²) in [5.74, 6) is -1.40. The number of amides is 1. The Bertz CT molecular complexity index is 807. The number of aliphatic carboxylic acids is 1. The molecule has 0 aromatic heterocycles. The Hall–Kier alpha value is -3.10. The maximum Gasteiger partial charge on any atom is 0.321 e. The van der Waals surface area contributed by atoms with Crippen LogP contribution in [0.1, 0.15) is 12.8 Å². The summed E-state index contributed by atoms with van der Waals surface area (Å²) in [5.41, 5.74) is 1.98. The van der Waals surface area contributed by atoms with Crippen molar-refractivity contribution in [3.8, 4) is 0 Å². The molecule has 0 aliphatic rings. The number of carbonyl (C=O) groups is 2. The lowest BCUT2D eigenvalue weighted by molar-refractivity contribution is -0.141. The van der Waals surface area contributed by atoms with Gasteiger partial charge in [0.25, 0.3) is 0 Å². The van der Waals surface area contributed by atoms with Crippen LogP contribution < -0.4 is 10.6 Å². The molecule has 0 aliphatic heterocycles. The van der Waals surface area contributed by atoms with Crippen molar-refractivity contribution in [1.82, 2.24) is 10.2 Å². The molecule has 0 fully saturated rings. The van der Waals surface area contributed by atoms with Crippen molar-refractivity contribution in [2.75, 3.05) is 32.5 Å². The van der Waals surface area contributed by atoms with E-state index in [0.717, 1.165) is 18.7 Å². The number of carbonyl (C=O) groups excluding carboxylic acids is 1. The molecule has 0 bridgehead atoms. The molecule has 0 unspecified atom stereocenters. The van der Waals surface area contributed by atoms with Crippen molar-refractivity contribution in [3.05, 3.63) is 54.6 Å². The molecule has 2 rings (SSSR count). The fourth-order valence-corrected chi connectivity index (χ4v) is 2.54. The van der Waals surface area contributed by atoms with Gasteiger partial charge in [-0.1, -0.05) is 18.2 Å². The van der Waals surface area contributed by atoms with E-state index in [4.69, 9.17) is 0 Å². The zero-order chi connectivity index (χ0) is 21.1. The molecular weight excluding hydrogens is 370 g/mol. The van der Waals surface area contributed by atoms with E-state index in [9.17, 15) is 14.7 Å². The van der Waals surface area contributed by atoms with Crippen LogP contribution in [-0.2, 0) is 9.59 Å². The minimum Gasteiger partial charge on any atom is -0.480 e. The normalized spacial score (nSPS) is 12.2. The van der Waals surface area contributed by atoms with E-state index >= 15 is 0 Å². The molecule has 0 radical (unpaired) electrons. The van der Waals surface area contributed by atoms with Crippen LogP contribution in [0, 0.1) is 0 Å². The van der Waals surface area contributed by atoms with Crippen molar-refractivity contribution < 1.29 is 14.7 Å².